The van der Waals surface area contributed by atoms with Gasteiger partial charge in [-0.2, -0.15) is 9.61 Å². The molecule has 2 atom stereocenters. The molecule has 1 aliphatic rings. The molecule has 0 radical (unpaired) electrons. The predicted octanol–water partition coefficient (Wildman–Crippen LogP) is 1.96. The van der Waals surface area contributed by atoms with E-state index in [9.17, 15) is 5.11 Å². The van der Waals surface area contributed by atoms with Crippen LogP contribution in [0.4, 0.5) is 11.6 Å². The molecular formula is C21H29N6O2+. The maximum atomic E-state index is 9.73. The Balaban J connectivity index is 1.59. The molecule has 8 heteroatoms. The first-order chi connectivity index (χ1) is 14.2. The van der Waals surface area contributed by atoms with Crippen LogP contribution < -0.4 is 20.2 Å². The largest absolute Gasteiger partial charge is 0.396 e. The Hall–Kier alpha value is -2.87. The Morgan fingerprint density at radius 2 is 2.21 bits per heavy atom. The van der Waals surface area contributed by atoms with E-state index in [1.807, 2.05) is 48.2 Å². The van der Waals surface area contributed by atoms with Gasteiger partial charge in [-0.15, -0.1) is 0 Å². The topological polar surface area (TPSA) is 87.6 Å². The van der Waals surface area contributed by atoms with E-state index >= 15 is 0 Å². The van der Waals surface area contributed by atoms with Crippen LogP contribution in [0.3, 0.4) is 0 Å². The van der Waals surface area contributed by atoms with E-state index in [2.05, 4.69) is 15.7 Å². The first-order valence-corrected chi connectivity index (χ1v) is 10.2. The summed E-state index contributed by atoms with van der Waals surface area (Å²) in [5.41, 5.74) is 2.94. The summed E-state index contributed by atoms with van der Waals surface area (Å²) in [6.45, 7) is 2.85. The molecule has 1 fully saturated rings. The Morgan fingerprint density at radius 3 is 3.03 bits per heavy atom. The summed E-state index contributed by atoms with van der Waals surface area (Å²) in [4.78, 5) is 10.0. The zero-order valence-corrected chi connectivity index (χ0v) is 17.0. The molecule has 3 heterocycles. The number of hydrogen-bond donors (Lipinski definition) is 3. The van der Waals surface area contributed by atoms with E-state index in [1.165, 1.54) is 12.8 Å². The predicted molar refractivity (Wildman–Crippen MR) is 111 cm³/mol. The molecule has 0 unspecified atom stereocenters. The van der Waals surface area contributed by atoms with E-state index in [0.29, 0.717) is 6.54 Å². The Labute approximate surface area is 170 Å². The second-order valence-electron chi connectivity index (χ2n) is 7.68. The summed E-state index contributed by atoms with van der Waals surface area (Å²) in [5, 5.41) is 21.3. The van der Waals surface area contributed by atoms with Crippen LogP contribution in [0.2, 0.25) is 0 Å². The maximum absolute atomic E-state index is 9.73. The van der Waals surface area contributed by atoms with Crippen molar-refractivity contribution < 1.29 is 14.7 Å². The number of aryl methyl sites for hydroxylation is 1. The Morgan fingerprint density at radius 1 is 1.34 bits per heavy atom. The van der Waals surface area contributed by atoms with Crippen LogP contribution >= 0.6 is 0 Å². The van der Waals surface area contributed by atoms with Crippen molar-refractivity contribution in [1.82, 2.24) is 14.6 Å². The molecule has 4 rings (SSSR count). The number of aliphatic hydroxyl groups is 1. The maximum Gasteiger partial charge on any atom is 0.227 e. The number of nitrogens with one attached hydrogen (secondary N) is 2. The lowest BCUT2D eigenvalue weighted by Crippen LogP contribution is -2.40. The number of aromatic nitrogens is 4. The second-order valence-corrected chi connectivity index (χ2v) is 7.68. The number of nitrogens with zero attached hydrogens (tertiary/aromatic N) is 4. The van der Waals surface area contributed by atoms with Crippen LogP contribution in [-0.4, -0.2) is 39.5 Å². The molecule has 0 saturated heterocycles. The fraction of sp³-hybridized carbons (Fsp3) is 0.476. The number of hydrogen-bond acceptors (Lipinski definition) is 6. The zero-order chi connectivity index (χ0) is 20.2. The van der Waals surface area contributed by atoms with Gasteiger partial charge >= 0.3 is 0 Å². The first kappa shape index (κ1) is 19.4. The molecule has 0 spiro atoms. The fourth-order valence-corrected chi connectivity index (χ4v) is 3.99. The number of rotatable bonds is 7. The Bertz CT molecular complexity index is 973. The van der Waals surface area contributed by atoms with E-state index in [1.54, 1.807) is 11.8 Å². The van der Waals surface area contributed by atoms with Crippen molar-refractivity contribution in [2.45, 2.75) is 45.2 Å². The normalized spacial score (nSPS) is 19.3. The lowest BCUT2D eigenvalue weighted by molar-refractivity contribution is -0.885. The molecule has 1 saturated carbocycles. The standard InChI is InChI=1S/C21H29N6O2/c1-15-11-23-27-20(22-12-16-6-5-9-26(13-16)29-2)10-19(25-21(15)27)24-18-8-4-3-7-17(18)14-28/h5-6,9-11,13,17-18,22,28H,3-4,7-8,12,14H2,1-2H3,(H,24,25)/q+1/t17-,18-/m0/s1. The molecule has 1 aliphatic carbocycles. The van der Waals surface area contributed by atoms with Gasteiger partial charge < -0.3 is 15.7 Å². The van der Waals surface area contributed by atoms with E-state index < -0.39 is 0 Å². The van der Waals surface area contributed by atoms with E-state index in [0.717, 1.165) is 41.3 Å². The Kier molecular flexibility index (Phi) is 5.80. The average Bonchev–Trinajstić information content (AvgIpc) is 3.13. The molecule has 0 aromatic carbocycles. The summed E-state index contributed by atoms with van der Waals surface area (Å²) >= 11 is 0. The summed E-state index contributed by atoms with van der Waals surface area (Å²) in [5.74, 6) is 1.96. The van der Waals surface area contributed by atoms with Crippen molar-refractivity contribution in [3.8, 4) is 0 Å². The van der Waals surface area contributed by atoms with Crippen molar-refractivity contribution in [1.29, 1.82) is 0 Å². The molecule has 29 heavy (non-hydrogen) atoms. The van der Waals surface area contributed by atoms with Gasteiger partial charge in [-0.05, 0) is 25.8 Å². The van der Waals surface area contributed by atoms with Crippen LogP contribution in [0, 0.1) is 12.8 Å². The molecule has 0 bridgehead atoms. The van der Waals surface area contributed by atoms with Gasteiger partial charge in [0.15, 0.2) is 5.65 Å². The number of pyridine rings is 1. The monoisotopic (exact) mass is 397 g/mol. The van der Waals surface area contributed by atoms with Gasteiger partial charge in [0.2, 0.25) is 12.4 Å². The van der Waals surface area contributed by atoms with Gasteiger partial charge in [-0.25, -0.2) is 4.98 Å². The first-order valence-electron chi connectivity index (χ1n) is 10.2. The molecule has 154 valence electrons. The third-order valence-corrected chi connectivity index (χ3v) is 5.65. The third kappa shape index (κ3) is 4.27. The van der Waals surface area contributed by atoms with Crippen molar-refractivity contribution in [3.63, 3.8) is 0 Å². The van der Waals surface area contributed by atoms with Gasteiger partial charge in [0.1, 0.15) is 18.7 Å². The summed E-state index contributed by atoms with van der Waals surface area (Å²) in [6.07, 6.45) is 10.1. The van der Waals surface area contributed by atoms with Gasteiger partial charge in [0, 0.05) is 53.1 Å². The molecule has 3 N–H and O–H groups in total. The highest BCUT2D eigenvalue weighted by Gasteiger charge is 2.25. The minimum Gasteiger partial charge on any atom is -0.396 e. The molecule has 3 aromatic rings. The van der Waals surface area contributed by atoms with Crippen molar-refractivity contribution >= 4 is 17.3 Å². The summed E-state index contributed by atoms with van der Waals surface area (Å²) < 4.78 is 3.50. The lowest BCUT2D eigenvalue weighted by atomic mass is 9.85. The summed E-state index contributed by atoms with van der Waals surface area (Å²) in [6, 6.07) is 6.23. The zero-order valence-electron chi connectivity index (χ0n) is 17.0. The highest BCUT2D eigenvalue weighted by atomic mass is 16.6. The van der Waals surface area contributed by atoms with Crippen LogP contribution in [0.1, 0.15) is 36.8 Å². The number of aliphatic hydroxyl groups excluding tert-OH is 1. The van der Waals surface area contributed by atoms with Crippen LogP contribution in [0.15, 0.2) is 36.8 Å². The number of fused-ring (bicyclic) bond motifs is 1. The van der Waals surface area contributed by atoms with Gasteiger partial charge in [-0.3, -0.25) is 4.84 Å². The third-order valence-electron chi connectivity index (χ3n) is 5.65. The smallest absolute Gasteiger partial charge is 0.227 e. The molecule has 0 aliphatic heterocycles. The molecular weight excluding hydrogens is 368 g/mol. The van der Waals surface area contributed by atoms with Crippen molar-refractivity contribution in [3.05, 3.63) is 47.9 Å². The minimum atomic E-state index is 0.213. The van der Waals surface area contributed by atoms with Crippen molar-refractivity contribution in [2.24, 2.45) is 5.92 Å². The lowest BCUT2D eigenvalue weighted by Gasteiger charge is -2.31. The molecule has 0 amide bonds. The SMILES string of the molecule is CO[n+]1cccc(CNc2cc(N[C@H]3CCCC[C@H]3CO)nc3c(C)cnn23)c1. The molecule has 3 aromatic heterocycles. The number of anilines is 2. The van der Waals surface area contributed by atoms with E-state index in [-0.39, 0.29) is 18.6 Å². The highest BCUT2D eigenvalue weighted by molar-refractivity contribution is 5.60. The average molecular weight is 398 g/mol. The second kappa shape index (κ2) is 8.65. The van der Waals surface area contributed by atoms with Crippen LogP contribution in [0.5, 0.6) is 0 Å². The highest BCUT2D eigenvalue weighted by Crippen LogP contribution is 2.28. The van der Waals surface area contributed by atoms with Gasteiger partial charge in [-0.1, -0.05) is 12.8 Å². The fourth-order valence-electron chi connectivity index (χ4n) is 3.99. The van der Waals surface area contributed by atoms with Crippen LogP contribution in [0.25, 0.3) is 5.65 Å². The van der Waals surface area contributed by atoms with Gasteiger partial charge in [0.25, 0.3) is 0 Å². The molecule has 8 nitrogen and oxygen atoms in total. The van der Waals surface area contributed by atoms with Gasteiger partial charge in [0.05, 0.1) is 6.20 Å². The summed E-state index contributed by atoms with van der Waals surface area (Å²) in [7, 11) is 1.64. The van der Waals surface area contributed by atoms with E-state index in [4.69, 9.17) is 9.82 Å². The minimum absolute atomic E-state index is 0.213. The quantitative estimate of drug-likeness (QED) is 0.529. The van der Waals surface area contributed by atoms with Crippen LogP contribution in [-0.2, 0) is 6.54 Å². The van der Waals surface area contributed by atoms with Crippen molar-refractivity contribution in [2.75, 3.05) is 24.4 Å².